The second kappa shape index (κ2) is 19.2. The van der Waals surface area contributed by atoms with Crippen LogP contribution >= 0.6 is 0 Å². The number of aliphatic hydroxyl groups excluding tert-OH is 2. The third-order valence-corrected chi connectivity index (χ3v) is 14.5. The number of carbonyl (C=O) groups excluding carboxylic acids is 2. The van der Waals surface area contributed by atoms with Crippen LogP contribution in [0.15, 0.2) is 205 Å². The quantitative estimate of drug-likeness (QED) is 0.0752. The van der Waals surface area contributed by atoms with Gasteiger partial charge in [0.25, 0.3) is 0 Å². The molecule has 7 aromatic carbocycles. The number of ether oxygens (including phenoxy) is 3. The maximum absolute atomic E-state index is 15.3. The third-order valence-electron chi connectivity index (χ3n) is 14.5. The number of benzene rings is 7. The molecule has 70 heavy (non-hydrogen) atoms. The van der Waals surface area contributed by atoms with Crippen molar-refractivity contribution >= 4 is 17.8 Å². The summed E-state index contributed by atoms with van der Waals surface area (Å²) in [4.78, 5) is 37.1. The maximum Gasteiger partial charge on any atom is 0.247 e. The van der Waals surface area contributed by atoms with E-state index in [2.05, 4.69) is 16.0 Å². The highest BCUT2D eigenvalue weighted by Gasteiger charge is 2.73. The molecule has 5 atom stereocenters. The summed E-state index contributed by atoms with van der Waals surface area (Å²) in [6.07, 6.45) is -2.46. The Bertz CT molecular complexity index is 2900. The zero-order valence-corrected chi connectivity index (χ0v) is 38.9. The Kier molecular flexibility index (Phi) is 12.7. The fourth-order valence-corrected chi connectivity index (χ4v) is 11.8. The zero-order valence-electron chi connectivity index (χ0n) is 38.9. The van der Waals surface area contributed by atoms with Gasteiger partial charge in [-0.1, -0.05) is 188 Å². The summed E-state index contributed by atoms with van der Waals surface area (Å²) in [5.74, 6) is 0.132. The van der Waals surface area contributed by atoms with E-state index in [4.69, 9.17) is 19.2 Å². The Hall–Kier alpha value is -7.45. The number of carbonyl (C=O) groups is 2. The first kappa shape index (κ1) is 46.3. The summed E-state index contributed by atoms with van der Waals surface area (Å²) in [7, 11) is 3.22. The van der Waals surface area contributed by atoms with Crippen LogP contribution in [0.1, 0.15) is 45.4 Å². The largest absolute Gasteiger partial charge is 0.496 e. The van der Waals surface area contributed by atoms with Crippen LogP contribution in [-0.2, 0) is 31.6 Å². The average molecular weight is 934 g/mol. The Morgan fingerprint density at radius 2 is 1.13 bits per heavy atom. The second-order valence-corrected chi connectivity index (χ2v) is 17.9. The molecule has 12 nitrogen and oxygen atoms in total. The fraction of sp³-hybridized carbons (Fsp3) is 0.224. The van der Waals surface area contributed by atoms with Crippen LogP contribution in [-0.4, -0.2) is 90.0 Å². The summed E-state index contributed by atoms with van der Waals surface area (Å²) < 4.78 is 20.1. The molecule has 2 fully saturated rings. The molecule has 2 unspecified atom stereocenters. The van der Waals surface area contributed by atoms with E-state index in [0.29, 0.717) is 22.6 Å². The molecule has 10 rings (SSSR count). The summed E-state index contributed by atoms with van der Waals surface area (Å²) in [5.41, 5.74) is -1.39. The van der Waals surface area contributed by atoms with Crippen molar-refractivity contribution in [3.63, 3.8) is 0 Å². The van der Waals surface area contributed by atoms with E-state index in [9.17, 15) is 15.0 Å². The molecule has 2 amide bonds. The van der Waals surface area contributed by atoms with Crippen molar-refractivity contribution in [3.8, 4) is 11.5 Å². The first-order chi connectivity index (χ1) is 34.3. The molecule has 3 heterocycles. The number of fused-ring (bicyclic) bond motifs is 1. The smallest absolute Gasteiger partial charge is 0.247 e. The number of nitrogens with zero attached hydrogens (tertiary/aromatic N) is 2. The highest BCUT2D eigenvalue weighted by molar-refractivity contribution is 6.09. The van der Waals surface area contributed by atoms with Gasteiger partial charge in [-0.3, -0.25) is 25.5 Å². The lowest BCUT2D eigenvalue weighted by atomic mass is 9.57. The Labute approximate surface area is 407 Å². The molecular weight excluding hydrogens is 879 g/mol. The van der Waals surface area contributed by atoms with E-state index in [1.54, 1.807) is 14.2 Å². The molecule has 2 saturated heterocycles. The van der Waals surface area contributed by atoms with Gasteiger partial charge < -0.3 is 24.4 Å². The lowest BCUT2D eigenvalue weighted by molar-refractivity contribution is -0.184. The van der Waals surface area contributed by atoms with E-state index in [1.807, 2.05) is 205 Å². The van der Waals surface area contributed by atoms with Crippen molar-refractivity contribution in [1.82, 2.24) is 20.9 Å². The van der Waals surface area contributed by atoms with Gasteiger partial charge in [-0.05, 0) is 39.9 Å². The van der Waals surface area contributed by atoms with Gasteiger partial charge >= 0.3 is 0 Å². The lowest BCUT2D eigenvalue weighted by Gasteiger charge is -2.56. The van der Waals surface area contributed by atoms with Crippen molar-refractivity contribution in [1.29, 1.82) is 0 Å². The number of nitrogens with one attached hydrogen (secondary N) is 3. The van der Waals surface area contributed by atoms with Crippen LogP contribution in [0.5, 0.6) is 11.5 Å². The summed E-state index contributed by atoms with van der Waals surface area (Å²) >= 11 is 0. The van der Waals surface area contributed by atoms with Gasteiger partial charge in [0.05, 0.1) is 50.8 Å². The van der Waals surface area contributed by atoms with E-state index >= 15 is 4.79 Å². The number of aliphatic imine (C=N–C) groups is 1. The van der Waals surface area contributed by atoms with Crippen LogP contribution in [0.2, 0.25) is 0 Å². The number of aliphatic hydroxyl groups is 2. The predicted octanol–water partition coefficient (Wildman–Crippen LogP) is 6.68. The molecule has 0 spiro atoms. The molecule has 0 saturated carbocycles. The topological polar surface area (TPSA) is 154 Å². The zero-order chi connectivity index (χ0) is 48.4. The molecule has 354 valence electrons. The van der Waals surface area contributed by atoms with Gasteiger partial charge in [0.1, 0.15) is 29.4 Å². The van der Waals surface area contributed by atoms with Crippen molar-refractivity contribution in [2.45, 2.75) is 53.3 Å². The summed E-state index contributed by atoms with van der Waals surface area (Å²) in [5, 5.41) is 35.1. The number of amides is 2. The van der Waals surface area contributed by atoms with E-state index < -0.39 is 58.9 Å². The first-order valence-corrected chi connectivity index (χ1v) is 23.5. The van der Waals surface area contributed by atoms with Gasteiger partial charge in [0.15, 0.2) is 5.66 Å². The standard InChI is InChI=1S/C58H55N5O7/c1-68-47-34-20-18-32-45(47)56(41-24-10-4-11-25-41,42-26-12-5-13-27-42)55(38-64)49(65)37-51(70-55)63-39-59-52-53(67)61-54(60-50(66)36-40-22-8-3-9-23-40)62-58(52,63)57(43-28-14-6-15-29-43,44-30-16-7-17-31-44)46-33-19-21-35-48(46)69-2/h3-35,49,51-52,59,64-65H,36-39H2,1-2H3,(H2,60,61,62,66,67)/t49-,51+,52?,55+,58?/m0/s1. The van der Waals surface area contributed by atoms with Gasteiger partial charge in [0.2, 0.25) is 17.8 Å². The molecule has 5 N–H and O–H groups in total. The number of guanidine groups is 1. The monoisotopic (exact) mass is 933 g/mol. The molecular formula is C58H55N5O7. The van der Waals surface area contributed by atoms with Crippen LogP contribution in [0, 0.1) is 0 Å². The lowest BCUT2D eigenvalue weighted by Crippen LogP contribution is -2.73. The number of hydrogen-bond acceptors (Lipinski definition) is 10. The molecule has 12 heteroatoms. The Morgan fingerprint density at radius 1 is 0.686 bits per heavy atom. The number of para-hydroxylation sites is 2. The Balaban J connectivity index is 1.27. The minimum absolute atomic E-state index is 0.0145. The van der Waals surface area contributed by atoms with Crippen molar-refractivity contribution in [2.24, 2.45) is 4.99 Å². The van der Waals surface area contributed by atoms with Crippen LogP contribution in [0.4, 0.5) is 0 Å². The van der Waals surface area contributed by atoms with Crippen LogP contribution in [0.3, 0.4) is 0 Å². The van der Waals surface area contributed by atoms with E-state index in [-0.39, 0.29) is 25.5 Å². The second-order valence-electron chi connectivity index (χ2n) is 17.9. The minimum atomic E-state index is -1.83. The summed E-state index contributed by atoms with van der Waals surface area (Å²) in [6, 6.07) is 62.7. The van der Waals surface area contributed by atoms with Crippen molar-refractivity contribution in [3.05, 3.63) is 239 Å². The Morgan fingerprint density at radius 3 is 1.61 bits per heavy atom. The van der Waals surface area contributed by atoms with Crippen molar-refractivity contribution in [2.75, 3.05) is 27.5 Å². The molecule has 3 aliphatic heterocycles. The average Bonchev–Trinajstić information content (AvgIpc) is 3.97. The number of methoxy groups -OCH3 is 2. The normalized spacial score (nSPS) is 22.4. The fourth-order valence-electron chi connectivity index (χ4n) is 11.8. The predicted molar refractivity (Wildman–Crippen MR) is 267 cm³/mol. The van der Waals surface area contributed by atoms with Crippen LogP contribution in [0.25, 0.3) is 0 Å². The van der Waals surface area contributed by atoms with E-state index in [1.165, 1.54) is 0 Å². The number of rotatable bonds is 14. The van der Waals surface area contributed by atoms with Gasteiger partial charge in [0, 0.05) is 17.5 Å². The molecule has 3 aliphatic rings. The summed E-state index contributed by atoms with van der Waals surface area (Å²) in [6.45, 7) is -0.635. The molecule has 0 radical (unpaired) electrons. The van der Waals surface area contributed by atoms with E-state index in [0.717, 1.165) is 27.8 Å². The molecule has 7 aromatic rings. The molecule has 0 bridgehead atoms. The van der Waals surface area contributed by atoms with Gasteiger partial charge in [-0.2, -0.15) is 0 Å². The first-order valence-electron chi connectivity index (χ1n) is 23.5. The third kappa shape index (κ3) is 7.21. The minimum Gasteiger partial charge on any atom is -0.496 e. The SMILES string of the molecule is COc1ccccc1C(c1ccccc1)(c1ccccc1)C12N=C(NC(=O)Cc3ccccc3)NC(=O)C1NCN2[C@H]1C[C@H](O)[C@](CO)(C(c2ccccc2)(c2ccccc2)c2ccccc2OC)O1. The van der Waals surface area contributed by atoms with Crippen molar-refractivity contribution < 1.29 is 34.0 Å². The molecule has 0 aromatic heterocycles. The number of hydrogen-bond donors (Lipinski definition) is 5. The molecule has 0 aliphatic carbocycles. The highest BCUT2D eigenvalue weighted by Crippen LogP contribution is 2.61. The van der Waals surface area contributed by atoms with Gasteiger partial charge in [-0.25, -0.2) is 9.89 Å². The van der Waals surface area contributed by atoms with Crippen LogP contribution < -0.4 is 25.4 Å². The van der Waals surface area contributed by atoms with Gasteiger partial charge in [-0.15, -0.1) is 0 Å². The maximum atomic E-state index is 15.3. The highest BCUT2D eigenvalue weighted by atomic mass is 16.6.